The molecular weight excluding hydrogens is 374 g/mol. The zero-order valence-corrected chi connectivity index (χ0v) is 18.9. The zero-order valence-electron chi connectivity index (χ0n) is 18.9. The Morgan fingerprint density at radius 3 is 2.20 bits per heavy atom. The maximum atomic E-state index is 13.0. The molecule has 30 heavy (non-hydrogen) atoms. The average molecular weight is 410 g/mol. The molecule has 0 aliphatic carbocycles. The zero-order chi connectivity index (χ0) is 21.6. The molecule has 4 nitrogen and oxygen atoms in total. The van der Waals surface area contributed by atoms with Crippen LogP contribution in [0.25, 0.3) is 0 Å². The fourth-order valence-corrected chi connectivity index (χ4v) is 3.79. The predicted molar refractivity (Wildman–Crippen MR) is 121 cm³/mol. The number of likely N-dealkylation sites (tertiary alicyclic amines) is 1. The normalized spacial score (nSPS) is 14.9. The van der Waals surface area contributed by atoms with Gasteiger partial charge in [-0.25, -0.2) is 0 Å². The van der Waals surface area contributed by atoms with Crippen molar-refractivity contribution in [3.8, 4) is 11.5 Å². The van der Waals surface area contributed by atoms with E-state index in [1.54, 1.807) is 0 Å². The molecule has 1 amide bonds. The highest BCUT2D eigenvalue weighted by molar-refractivity contribution is 5.94. The second-order valence-electron chi connectivity index (χ2n) is 9.02. The van der Waals surface area contributed by atoms with Crippen LogP contribution in [0.1, 0.15) is 74.9 Å². The van der Waals surface area contributed by atoms with Crippen LogP contribution < -0.4 is 9.47 Å². The van der Waals surface area contributed by atoms with E-state index in [1.807, 2.05) is 42.2 Å². The molecular formula is C26H35NO3. The number of rotatable bonds is 6. The molecule has 1 heterocycles. The van der Waals surface area contributed by atoms with E-state index in [2.05, 4.69) is 32.9 Å². The number of ether oxygens (including phenoxy) is 2. The van der Waals surface area contributed by atoms with Gasteiger partial charge in [0.25, 0.3) is 5.91 Å². The van der Waals surface area contributed by atoms with Crippen LogP contribution in [0.3, 0.4) is 0 Å². The summed E-state index contributed by atoms with van der Waals surface area (Å²) in [6.45, 7) is 11.2. The van der Waals surface area contributed by atoms with E-state index in [-0.39, 0.29) is 11.3 Å². The molecule has 0 aromatic heterocycles. The summed E-state index contributed by atoms with van der Waals surface area (Å²) >= 11 is 0. The monoisotopic (exact) mass is 409 g/mol. The Morgan fingerprint density at radius 2 is 1.60 bits per heavy atom. The third-order valence-corrected chi connectivity index (χ3v) is 5.62. The number of carbonyl (C=O) groups is 1. The molecule has 1 fully saturated rings. The lowest BCUT2D eigenvalue weighted by Gasteiger charge is -2.21. The predicted octanol–water partition coefficient (Wildman–Crippen LogP) is 5.98. The van der Waals surface area contributed by atoms with Crippen LogP contribution in [0.15, 0.2) is 42.5 Å². The highest BCUT2D eigenvalue weighted by atomic mass is 16.5. The minimum atomic E-state index is 0.107. The Morgan fingerprint density at radius 1 is 0.933 bits per heavy atom. The van der Waals surface area contributed by atoms with Gasteiger partial charge in [0.05, 0.1) is 6.61 Å². The van der Waals surface area contributed by atoms with Crippen LogP contribution in [-0.2, 0) is 12.0 Å². The van der Waals surface area contributed by atoms with Crippen molar-refractivity contribution in [1.82, 2.24) is 4.90 Å². The lowest BCUT2D eigenvalue weighted by atomic mass is 9.87. The molecule has 1 saturated heterocycles. The van der Waals surface area contributed by atoms with E-state index in [4.69, 9.17) is 9.47 Å². The van der Waals surface area contributed by atoms with Crippen LogP contribution in [0.2, 0.25) is 0 Å². The number of hydrogen-bond acceptors (Lipinski definition) is 3. The van der Waals surface area contributed by atoms with Gasteiger partial charge in [-0.1, -0.05) is 45.7 Å². The van der Waals surface area contributed by atoms with Crippen molar-refractivity contribution in [2.75, 3.05) is 19.7 Å². The van der Waals surface area contributed by atoms with Crippen molar-refractivity contribution >= 4 is 5.91 Å². The van der Waals surface area contributed by atoms with Gasteiger partial charge in [-0.2, -0.15) is 0 Å². The molecule has 2 aromatic carbocycles. The summed E-state index contributed by atoms with van der Waals surface area (Å²) in [5, 5.41) is 0. The summed E-state index contributed by atoms with van der Waals surface area (Å²) in [5.74, 6) is 1.70. The van der Waals surface area contributed by atoms with E-state index in [0.29, 0.717) is 18.8 Å². The summed E-state index contributed by atoms with van der Waals surface area (Å²) < 4.78 is 11.8. The number of benzene rings is 2. The van der Waals surface area contributed by atoms with Crippen molar-refractivity contribution in [3.63, 3.8) is 0 Å². The molecule has 0 N–H and O–H groups in total. The number of hydrogen-bond donors (Lipinski definition) is 0. The van der Waals surface area contributed by atoms with Gasteiger partial charge in [0.15, 0.2) is 0 Å². The molecule has 0 bridgehead atoms. The van der Waals surface area contributed by atoms with Crippen molar-refractivity contribution < 1.29 is 14.3 Å². The van der Waals surface area contributed by atoms with Gasteiger partial charge >= 0.3 is 0 Å². The summed E-state index contributed by atoms with van der Waals surface area (Å²) in [7, 11) is 0. The molecule has 1 aliphatic rings. The van der Waals surface area contributed by atoms with E-state index >= 15 is 0 Å². The summed E-state index contributed by atoms with van der Waals surface area (Å²) in [4.78, 5) is 15.0. The van der Waals surface area contributed by atoms with Gasteiger partial charge in [0.2, 0.25) is 0 Å². The third kappa shape index (κ3) is 5.78. The Labute approximate surface area is 181 Å². The van der Waals surface area contributed by atoms with Crippen molar-refractivity contribution in [1.29, 1.82) is 0 Å². The maximum Gasteiger partial charge on any atom is 0.253 e. The molecule has 0 unspecified atom stereocenters. The highest BCUT2D eigenvalue weighted by Gasteiger charge is 2.19. The first kappa shape index (κ1) is 22.2. The summed E-state index contributed by atoms with van der Waals surface area (Å²) in [6.07, 6.45) is 4.59. The number of carbonyl (C=O) groups excluding carboxylic acids is 1. The molecule has 2 aromatic rings. The fourth-order valence-electron chi connectivity index (χ4n) is 3.79. The molecule has 162 valence electrons. The second kappa shape index (κ2) is 10.0. The van der Waals surface area contributed by atoms with E-state index in [9.17, 15) is 4.79 Å². The quantitative estimate of drug-likeness (QED) is 0.589. The Balaban J connectivity index is 1.75. The minimum Gasteiger partial charge on any atom is -0.493 e. The van der Waals surface area contributed by atoms with Crippen LogP contribution in [0, 0.1) is 0 Å². The number of amides is 1. The van der Waals surface area contributed by atoms with E-state index in [0.717, 1.165) is 43.0 Å². The van der Waals surface area contributed by atoms with Crippen molar-refractivity contribution in [2.45, 2.75) is 65.4 Å². The Bertz CT molecular complexity index is 828. The van der Waals surface area contributed by atoms with Crippen LogP contribution in [0.5, 0.6) is 11.5 Å². The van der Waals surface area contributed by atoms with Gasteiger partial charge in [0, 0.05) is 24.2 Å². The van der Waals surface area contributed by atoms with Crippen LogP contribution >= 0.6 is 0 Å². The second-order valence-corrected chi connectivity index (χ2v) is 9.02. The SMILES string of the molecule is CCOc1ccc(C(=O)N2CCCCCC2)cc1COc1ccc(C(C)(C)C)cc1. The molecule has 0 atom stereocenters. The van der Waals surface area contributed by atoms with Crippen molar-refractivity contribution in [3.05, 3.63) is 59.2 Å². The molecule has 1 aliphatic heterocycles. The first-order valence-corrected chi connectivity index (χ1v) is 11.2. The first-order valence-electron chi connectivity index (χ1n) is 11.2. The van der Waals surface area contributed by atoms with Crippen LogP contribution in [0.4, 0.5) is 0 Å². The first-order chi connectivity index (χ1) is 14.4. The van der Waals surface area contributed by atoms with Crippen LogP contribution in [-0.4, -0.2) is 30.5 Å². The Kier molecular flexibility index (Phi) is 7.41. The average Bonchev–Trinajstić information content (AvgIpc) is 3.02. The van der Waals surface area contributed by atoms with E-state index in [1.165, 1.54) is 18.4 Å². The molecule has 0 radical (unpaired) electrons. The lowest BCUT2D eigenvalue weighted by Crippen LogP contribution is -2.31. The van der Waals surface area contributed by atoms with Gasteiger partial charge in [-0.15, -0.1) is 0 Å². The molecule has 4 heteroatoms. The van der Waals surface area contributed by atoms with Gasteiger partial charge in [-0.05, 0) is 61.1 Å². The minimum absolute atomic E-state index is 0.107. The molecule has 3 rings (SSSR count). The van der Waals surface area contributed by atoms with Crippen molar-refractivity contribution in [2.24, 2.45) is 0 Å². The maximum absolute atomic E-state index is 13.0. The smallest absolute Gasteiger partial charge is 0.253 e. The van der Waals surface area contributed by atoms with Gasteiger partial charge < -0.3 is 14.4 Å². The number of nitrogens with zero attached hydrogens (tertiary/aromatic N) is 1. The Hall–Kier alpha value is -2.49. The summed E-state index contributed by atoms with van der Waals surface area (Å²) in [6, 6.07) is 13.9. The van der Waals surface area contributed by atoms with Gasteiger partial charge in [0.1, 0.15) is 18.1 Å². The third-order valence-electron chi connectivity index (χ3n) is 5.62. The topological polar surface area (TPSA) is 38.8 Å². The highest BCUT2D eigenvalue weighted by Crippen LogP contribution is 2.27. The molecule has 0 saturated carbocycles. The standard InChI is InChI=1S/C26H35NO3/c1-5-29-24-15-10-20(25(28)27-16-8-6-7-9-17-27)18-21(24)19-30-23-13-11-22(12-14-23)26(2,3)4/h10-15,18H,5-9,16-17,19H2,1-4H3. The summed E-state index contributed by atoms with van der Waals surface area (Å²) in [5.41, 5.74) is 3.00. The fraction of sp³-hybridized carbons (Fsp3) is 0.500. The van der Waals surface area contributed by atoms with E-state index < -0.39 is 0 Å². The van der Waals surface area contributed by atoms with Gasteiger partial charge in [-0.3, -0.25) is 4.79 Å². The largest absolute Gasteiger partial charge is 0.493 e. The lowest BCUT2D eigenvalue weighted by molar-refractivity contribution is 0.0761. The molecule has 0 spiro atoms.